The number of hydrogen-bond donors (Lipinski definition) is 1. The summed E-state index contributed by atoms with van der Waals surface area (Å²) < 4.78 is 21.8. The van der Waals surface area contributed by atoms with E-state index in [1.165, 1.54) is 0 Å². The van der Waals surface area contributed by atoms with Crippen LogP contribution >= 0.6 is 0 Å². The fourth-order valence-electron chi connectivity index (χ4n) is 6.13. The third-order valence-electron chi connectivity index (χ3n) is 8.15. The molecule has 10 nitrogen and oxygen atoms in total. The molecule has 0 unspecified atom stereocenters. The first kappa shape index (κ1) is 26.5. The molecule has 2 aromatic rings. The van der Waals surface area contributed by atoms with Gasteiger partial charge in [0.15, 0.2) is 0 Å². The van der Waals surface area contributed by atoms with Gasteiger partial charge >= 0.3 is 12.1 Å². The fourth-order valence-corrected chi connectivity index (χ4v) is 6.13. The number of nitrogens with one attached hydrogen (secondary N) is 1. The third kappa shape index (κ3) is 4.47. The lowest BCUT2D eigenvalue weighted by Gasteiger charge is -2.44. The quantitative estimate of drug-likeness (QED) is 0.585. The first-order chi connectivity index (χ1) is 18.9. The van der Waals surface area contributed by atoms with Crippen molar-refractivity contribution >= 4 is 17.7 Å². The monoisotopic (exact) mass is 536 g/mol. The van der Waals surface area contributed by atoms with E-state index in [1.807, 2.05) is 28.9 Å². The molecular formula is C29H36N4O6. The van der Waals surface area contributed by atoms with Crippen LogP contribution < -0.4 is 24.3 Å². The molecule has 2 saturated heterocycles. The molecule has 0 aliphatic carbocycles. The smallest absolute Gasteiger partial charge is 0.325 e. The zero-order chi connectivity index (χ0) is 27.7. The Morgan fingerprint density at radius 3 is 2.28 bits per heavy atom. The van der Waals surface area contributed by atoms with Gasteiger partial charge in [-0.1, -0.05) is 6.08 Å². The Morgan fingerprint density at radius 2 is 1.64 bits per heavy atom. The molecule has 1 N–H and O–H groups in total. The van der Waals surface area contributed by atoms with Gasteiger partial charge in [-0.15, -0.1) is 0 Å². The number of likely N-dealkylation sites (N-methyl/N-ethyl adjacent to an activating group) is 1. The number of benzene rings is 2. The van der Waals surface area contributed by atoms with E-state index in [-0.39, 0.29) is 12.1 Å². The second-order valence-electron chi connectivity index (χ2n) is 9.89. The number of anilines is 1. The van der Waals surface area contributed by atoms with Gasteiger partial charge in [-0.3, -0.25) is 4.90 Å². The van der Waals surface area contributed by atoms with Crippen LogP contribution in [0.1, 0.15) is 30.9 Å². The molecule has 1 spiro atoms. The van der Waals surface area contributed by atoms with Crippen molar-refractivity contribution < 1.29 is 28.5 Å². The van der Waals surface area contributed by atoms with Crippen LogP contribution in [0, 0.1) is 0 Å². The molecule has 0 bridgehead atoms. The summed E-state index contributed by atoms with van der Waals surface area (Å²) >= 11 is 0. The van der Waals surface area contributed by atoms with Crippen LogP contribution in [0.3, 0.4) is 0 Å². The molecule has 0 radical (unpaired) electrons. The number of rotatable bonds is 6. The minimum Gasteiger partial charge on any atom is -0.497 e. The summed E-state index contributed by atoms with van der Waals surface area (Å²) in [6, 6.07) is 8.96. The Morgan fingerprint density at radius 1 is 0.949 bits per heavy atom. The number of fused-ring (bicyclic) bond motifs is 3. The number of carbonyl (C=O) groups excluding carboxylic acids is 2. The summed E-state index contributed by atoms with van der Waals surface area (Å²) in [7, 11) is 6.43. The largest absolute Gasteiger partial charge is 0.497 e. The van der Waals surface area contributed by atoms with E-state index in [9.17, 15) is 9.59 Å². The van der Waals surface area contributed by atoms with Gasteiger partial charge in [-0.2, -0.15) is 0 Å². The van der Waals surface area contributed by atoms with Crippen LogP contribution in [0.25, 0.3) is 0 Å². The van der Waals surface area contributed by atoms with Gasteiger partial charge in [-0.05, 0) is 49.9 Å². The maximum atomic E-state index is 13.7. The number of carbonyl (C=O) groups is 2. The summed E-state index contributed by atoms with van der Waals surface area (Å²) in [5.41, 5.74) is 3.22. The van der Waals surface area contributed by atoms with Crippen molar-refractivity contribution in [3.63, 3.8) is 0 Å². The molecular weight excluding hydrogens is 500 g/mol. The van der Waals surface area contributed by atoms with Crippen molar-refractivity contribution in [3.8, 4) is 23.0 Å². The second kappa shape index (κ2) is 10.6. The Bertz CT molecular complexity index is 1300. The minimum absolute atomic E-state index is 0.000688. The van der Waals surface area contributed by atoms with E-state index in [1.54, 1.807) is 51.5 Å². The molecule has 4 amide bonds. The normalized spacial score (nSPS) is 17.7. The molecule has 3 aliphatic rings. The number of allylic oxidation sites excluding steroid dienone is 1. The molecule has 208 valence electrons. The van der Waals surface area contributed by atoms with Crippen molar-refractivity contribution in [2.24, 2.45) is 0 Å². The van der Waals surface area contributed by atoms with E-state index in [0.29, 0.717) is 68.4 Å². The number of nitrogens with zero attached hydrogens (tertiary/aromatic N) is 3. The van der Waals surface area contributed by atoms with Gasteiger partial charge in [-0.25, -0.2) is 9.59 Å². The van der Waals surface area contributed by atoms with E-state index < -0.39 is 5.54 Å². The number of amides is 4. The average Bonchev–Trinajstić information content (AvgIpc) is 3.08. The highest BCUT2D eigenvalue weighted by atomic mass is 16.5. The molecule has 0 aromatic heterocycles. The molecule has 0 saturated carbocycles. The van der Waals surface area contributed by atoms with Crippen molar-refractivity contribution in [2.45, 2.75) is 38.3 Å². The second-order valence-corrected chi connectivity index (χ2v) is 9.89. The summed E-state index contributed by atoms with van der Waals surface area (Å²) in [5.74, 6) is 2.64. The summed E-state index contributed by atoms with van der Waals surface area (Å²) in [6.45, 7) is 4.10. The number of piperidine rings is 1. The lowest BCUT2D eigenvalue weighted by molar-refractivity contribution is 0.106. The number of ether oxygens (including phenoxy) is 4. The van der Waals surface area contributed by atoms with Gasteiger partial charge in [0.25, 0.3) is 0 Å². The Balaban J connectivity index is 1.37. The zero-order valence-corrected chi connectivity index (χ0v) is 23.2. The average molecular weight is 537 g/mol. The lowest BCUT2D eigenvalue weighted by Crippen LogP contribution is -2.55. The van der Waals surface area contributed by atoms with Crippen LogP contribution in [-0.2, 0) is 13.0 Å². The summed E-state index contributed by atoms with van der Waals surface area (Å²) in [5, 5.41) is 2.97. The summed E-state index contributed by atoms with van der Waals surface area (Å²) in [4.78, 5) is 32.6. The van der Waals surface area contributed by atoms with Gasteiger partial charge in [0.1, 0.15) is 23.0 Å². The molecule has 0 atom stereocenters. The van der Waals surface area contributed by atoms with Gasteiger partial charge < -0.3 is 34.1 Å². The standard InChI is InChI=1S/C29H36N4O6/c1-6-33-28(35)32-18-19-15-21(37-3)17-24(38-4)22(19)8-10-26(32)29(33)11-13-31(14-12-29)27(34)30-23-9-7-20(36-2)16-25(23)39-5/h7,9-10,15-17H,6,8,11-14,18H2,1-5H3,(H,30,34). The molecule has 39 heavy (non-hydrogen) atoms. The Hall–Kier alpha value is -4.08. The molecule has 10 heteroatoms. The molecule has 3 heterocycles. The number of hydrogen-bond acceptors (Lipinski definition) is 6. The highest BCUT2D eigenvalue weighted by Crippen LogP contribution is 2.47. The molecule has 2 fully saturated rings. The van der Waals surface area contributed by atoms with E-state index in [4.69, 9.17) is 18.9 Å². The fraction of sp³-hybridized carbons (Fsp3) is 0.448. The van der Waals surface area contributed by atoms with Crippen LogP contribution in [0.4, 0.5) is 15.3 Å². The van der Waals surface area contributed by atoms with Crippen LogP contribution in [0.5, 0.6) is 23.0 Å². The van der Waals surface area contributed by atoms with Crippen molar-refractivity contribution in [1.82, 2.24) is 14.7 Å². The SMILES string of the molecule is CCN1C(=O)N2Cc3cc(OC)cc(OC)c3CC=C2C12CCN(C(=O)Nc1ccc(OC)cc1OC)CC2. The number of methoxy groups -OCH3 is 4. The number of likely N-dealkylation sites (tertiary alicyclic amines) is 1. The highest BCUT2D eigenvalue weighted by Gasteiger charge is 2.54. The predicted molar refractivity (Wildman–Crippen MR) is 147 cm³/mol. The maximum absolute atomic E-state index is 13.7. The Labute approximate surface area is 229 Å². The first-order valence-corrected chi connectivity index (χ1v) is 13.2. The molecule has 2 aromatic carbocycles. The lowest BCUT2D eigenvalue weighted by atomic mass is 9.83. The van der Waals surface area contributed by atoms with Crippen LogP contribution in [-0.4, -0.2) is 80.4 Å². The van der Waals surface area contributed by atoms with Gasteiger partial charge in [0, 0.05) is 43.0 Å². The van der Waals surface area contributed by atoms with E-state index in [0.717, 1.165) is 22.6 Å². The van der Waals surface area contributed by atoms with Gasteiger partial charge in [0.2, 0.25) is 0 Å². The Kier molecular flexibility index (Phi) is 7.20. The summed E-state index contributed by atoms with van der Waals surface area (Å²) in [6.07, 6.45) is 4.13. The van der Waals surface area contributed by atoms with E-state index in [2.05, 4.69) is 11.4 Å². The maximum Gasteiger partial charge on any atom is 0.325 e. The van der Waals surface area contributed by atoms with Crippen LogP contribution in [0.2, 0.25) is 0 Å². The van der Waals surface area contributed by atoms with Crippen LogP contribution in [0.15, 0.2) is 42.1 Å². The molecule has 3 aliphatic heterocycles. The topological polar surface area (TPSA) is 92.8 Å². The van der Waals surface area contributed by atoms with Crippen molar-refractivity contribution in [3.05, 3.63) is 53.2 Å². The minimum atomic E-state index is -0.459. The first-order valence-electron chi connectivity index (χ1n) is 13.2. The highest BCUT2D eigenvalue weighted by molar-refractivity contribution is 5.91. The van der Waals surface area contributed by atoms with Crippen molar-refractivity contribution in [1.29, 1.82) is 0 Å². The number of urea groups is 2. The third-order valence-corrected chi connectivity index (χ3v) is 8.15. The molecule has 5 rings (SSSR count). The van der Waals surface area contributed by atoms with Crippen molar-refractivity contribution in [2.75, 3.05) is 53.4 Å². The van der Waals surface area contributed by atoms with Gasteiger partial charge in [0.05, 0.1) is 46.2 Å². The zero-order valence-electron chi connectivity index (χ0n) is 23.2. The van der Waals surface area contributed by atoms with E-state index >= 15 is 0 Å². The predicted octanol–water partition coefficient (Wildman–Crippen LogP) is 4.49.